The Bertz CT molecular complexity index is 570. The molecule has 0 unspecified atom stereocenters. The monoisotopic (exact) mass is 307 g/mol. The van der Waals surface area contributed by atoms with Crippen molar-refractivity contribution in [3.8, 4) is 0 Å². The molecular formula is C16H18FNO4. The number of carbonyl (C=O) groups excluding carboxylic acids is 3. The Labute approximate surface area is 127 Å². The molecular weight excluding hydrogens is 289 g/mol. The molecule has 0 spiro atoms. The Balaban J connectivity index is 2.12. The molecule has 1 N–H and O–H groups in total. The van der Waals surface area contributed by atoms with Gasteiger partial charge in [0, 0.05) is 18.4 Å². The van der Waals surface area contributed by atoms with Crippen molar-refractivity contribution in [1.29, 1.82) is 0 Å². The number of carbonyl (C=O) groups is 3. The summed E-state index contributed by atoms with van der Waals surface area (Å²) in [5.74, 6) is -1.69. The summed E-state index contributed by atoms with van der Waals surface area (Å²) in [6, 6.07) is 4.15. The Morgan fingerprint density at radius 3 is 2.59 bits per heavy atom. The molecule has 0 saturated heterocycles. The highest BCUT2D eigenvalue weighted by Gasteiger charge is 2.34. The van der Waals surface area contributed by atoms with E-state index in [1.165, 1.54) is 31.4 Å². The lowest BCUT2D eigenvalue weighted by Gasteiger charge is -2.28. The number of methoxy groups -OCH3 is 1. The van der Waals surface area contributed by atoms with Crippen LogP contribution < -0.4 is 5.32 Å². The van der Waals surface area contributed by atoms with Crippen LogP contribution >= 0.6 is 0 Å². The number of halogens is 1. The predicted molar refractivity (Wildman–Crippen MR) is 76.6 cm³/mol. The highest BCUT2D eigenvalue weighted by molar-refractivity contribution is 5.97. The molecule has 1 amide bonds. The number of nitrogens with one attached hydrogen (secondary N) is 1. The molecule has 2 atom stereocenters. The zero-order valence-electron chi connectivity index (χ0n) is 12.3. The molecule has 0 radical (unpaired) electrons. The summed E-state index contributed by atoms with van der Waals surface area (Å²) in [5.41, 5.74) is 0.248. The standard InChI is InChI=1S/C16H18FNO4/c1-22-16(21)14(11-3-2-4-13(19)9-11)18-15(20)10-5-7-12(17)8-6-10/h5-8,11,14H,2-4,9H2,1H3,(H,18,20)/t11-,14+/m1/s1. The van der Waals surface area contributed by atoms with Crippen LogP contribution in [0.4, 0.5) is 4.39 Å². The van der Waals surface area contributed by atoms with Crippen LogP contribution in [-0.2, 0) is 14.3 Å². The fourth-order valence-corrected chi connectivity index (χ4v) is 2.66. The molecule has 1 saturated carbocycles. The lowest BCUT2D eigenvalue weighted by Crippen LogP contribution is -2.48. The van der Waals surface area contributed by atoms with Crippen LogP contribution in [0.1, 0.15) is 36.0 Å². The second-order valence-corrected chi connectivity index (χ2v) is 5.38. The van der Waals surface area contributed by atoms with Crippen LogP contribution in [0.3, 0.4) is 0 Å². The maximum Gasteiger partial charge on any atom is 0.328 e. The molecule has 5 nitrogen and oxygen atoms in total. The minimum absolute atomic E-state index is 0.0844. The number of hydrogen-bond donors (Lipinski definition) is 1. The fraction of sp³-hybridized carbons (Fsp3) is 0.438. The van der Waals surface area contributed by atoms with Crippen molar-refractivity contribution >= 4 is 17.7 Å². The van der Waals surface area contributed by atoms with Crippen LogP contribution in [0, 0.1) is 11.7 Å². The van der Waals surface area contributed by atoms with E-state index in [1.807, 2.05) is 0 Å². The molecule has 0 aromatic heterocycles. The van der Waals surface area contributed by atoms with E-state index in [9.17, 15) is 18.8 Å². The molecule has 1 aliphatic rings. The minimum atomic E-state index is -0.869. The van der Waals surface area contributed by atoms with Crippen LogP contribution in [0.25, 0.3) is 0 Å². The van der Waals surface area contributed by atoms with Crippen molar-refractivity contribution in [2.75, 3.05) is 7.11 Å². The van der Waals surface area contributed by atoms with Crippen molar-refractivity contribution in [3.05, 3.63) is 35.6 Å². The Morgan fingerprint density at radius 1 is 1.32 bits per heavy atom. The molecule has 6 heteroatoms. The van der Waals surface area contributed by atoms with Gasteiger partial charge in [0.05, 0.1) is 7.11 Å². The van der Waals surface area contributed by atoms with Crippen molar-refractivity contribution < 1.29 is 23.5 Å². The van der Waals surface area contributed by atoms with Gasteiger partial charge in [-0.25, -0.2) is 9.18 Å². The lowest BCUT2D eigenvalue weighted by atomic mass is 9.83. The summed E-state index contributed by atoms with van der Waals surface area (Å²) in [6.07, 6.45) is 2.14. The van der Waals surface area contributed by atoms with Crippen LogP contribution in [0.2, 0.25) is 0 Å². The molecule has 1 aromatic carbocycles. The van der Waals surface area contributed by atoms with Gasteiger partial charge in [0.15, 0.2) is 0 Å². The highest BCUT2D eigenvalue weighted by atomic mass is 19.1. The first-order valence-electron chi connectivity index (χ1n) is 7.17. The van der Waals surface area contributed by atoms with Gasteiger partial charge in [-0.2, -0.15) is 0 Å². The quantitative estimate of drug-likeness (QED) is 0.862. The Morgan fingerprint density at radius 2 is 2.00 bits per heavy atom. The van der Waals surface area contributed by atoms with Gasteiger partial charge in [0.2, 0.25) is 0 Å². The average molecular weight is 307 g/mol. The van der Waals surface area contributed by atoms with E-state index < -0.39 is 23.7 Å². The van der Waals surface area contributed by atoms with Gasteiger partial charge in [0.25, 0.3) is 5.91 Å². The van der Waals surface area contributed by atoms with Crippen molar-refractivity contribution in [2.45, 2.75) is 31.7 Å². The summed E-state index contributed by atoms with van der Waals surface area (Å²) >= 11 is 0. The van der Waals surface area contributed by atoms with Crippen LogP contribution in [-0.4, -0.2) is 30.8 Å². The predicted octanol–water partition coefficient (Wildman–Crippen LogP) is 1.86. The summed E-state index contributed by atoms with van der Waals surface area (Å²) in [4.78, 5) is 35.7. The first kappa shape index (κ1) is 16.1. The summed E-state index contributed by atoms with van der Waals surface area (Å²) < 4.78 is 17.6. The molecule has 1 aliphatic carbocycles. The van der Waals surface area contributed by atoms with Gasteiger partial charge in [-0.05, 0) is 43.0 Å². The van der Waals surface area contributed by atoms with Crippen LogP contribution in [0.15, 0.2) is 24.3 Å². The first-order chi connectivity index (χ1) is 10.5. The second kappa shape index (κ2) is 7.15. The number of amides is 1. The Hall–Kier alpha value is -2.24. The molecule has 22 heavy (non-hydrogen) atoms. The largest absolute Gasteiger partial charge is 0.467 e. The van der Waals surface area contributed by atoms with Gasteiger partial charge in [0.1, 0.15) is 17.6 Å². The smallest absolute Gasteiger partial charge is 0.328 e. The number of ketones is 1. The van der Waals surface area contributed by atoms with E-state index in [0.717, 1.165) is 0 Å². The summed E-state index contributed by atoms with van der Waals surface area (Å²) in [6.45, 7) is 0. The third-order valence-corrected chi connectivity index (χ3v) is 3.84. The van der Waals surface area contributed by atoms with Crippen molar-refractivity contribution in [1.82, 2.24) is 5.32 Å². The number of rotatable bonds is 4. The van der Waals surface area contributed by atoms with Gasteiger partial charge < -0.3 is 10.1 Å². The zero-order chi connectivity index (χ0) is 16.1. The van der Waals surface area contributed by atoms with Gasteiger partial charge >= 0.3 is 5.97 Å². The first-order valence-corrected chi connectivity index (χ1v) is 7.17. The molecule has 0 bridgehead atoms. The normalized spacial score (nSPS) is 19.4. The number of ether oxygens (including phenoxy) is 1. The number of hydrogen-bond acceptors (Lipinski definition) is 4. The fourth-order valence-electron chi connectivity index (χ4n) is 2.66. The molecule has 0 aliphatic heterocycles. The van der Waals surface area contributed by atoms with Crippen molar-refractivity contribution in [2.24, 2.45) is 5.92 Å². The summed E-state index contributed by atoms with van der Waals surface area (Å²) in [5, 5.41) is 2.61. The van der Waals surface area contributed by atoms with E-state index in [2.05, 4.69) is 5.32 Å². The molecule has 2 rings (SSSR count). The number of benzene rings is 1. The third-order valence-electron chi connectivity index (χ3n) is 3.84. The van der Waals surface area contributed by atoms with E-state index in [1.54, 1.807) is 0 Å². The third kappa shape index (κ3) is 3.90. The van der Waals surface area contributed by atoms with Gasteiger partial charge in [-0.3, -0.25) is 9.59 Å². The lowest BCUT2D eigenvalue weighted by molar-refractivity contribution is -0.145. The Kier molecular flexibility index (Phi) is 5.25. The minimum Gasteiger partial charge on any atom is -0.467 e. The topological polar surface area (TPSA) is 72.5 Å². The average Bonchev–Trinajstić information content (AvgIpc) is 2.52. The number of esters is 1. The molecule has 1 aromatic rings. The van der Waals surface area contributed by atoms with E-state index in [-0.39, 0.29) is 23.7 Å². The van der Waals surface area contributed by atoms with E-state index >= 15 is 0 Å². The highest BCUT2D eigenvalue weighted by Crippen LogP contribution is 2.25. The zero-order valence-corrected chi connectivity index (χ0v) is 12.3. The SMILES string of the molecule is COC(=O)[C@@H](NC(=O)c1ccc(F)cc1)[C@@H]1CCCC(=O)C1. The second-order valence-electron chi connectivity index (χ2n) is 5.38. The summed E-state index contributed by atoms with van der Waals surface area (Å²) in [7, 11) is 1.24. The van der Waals surface area contributed by atoms with Gasteiger partial charge in [-0.1, -0.05) is 0 Å². The van der Waals surface area contributed by atoms with E-state index in [0.29, 0.717) is 19.3 Å². The maximum absolute atomic E-state index is 12.9. The molecule has 0 heterocycles. The maximum atomic E-state index is 12.9. The van der Waals surface area contributed by atoms with Crippen LogP contribution in [0.5, 0.6) is 0 Å². The van der Waals surface area contributed by atoms with Gasteiger partial charge in [-0.15, -0.1) is 0 Å². The molecule has 118 valence electrons. The van der Waals surface area contributed by atoms with Crippen molar-refractivity contribution in [3.63, 3.8) is 0 Å². The number of Topliss-reactive ketones (excluding diaryl/α,β-unsaturated/α-hetero) is 1. The van der Waals surface area contributed by atoms with E-state index in [4.69, 9.17) is 4.74 Å². The molecule has 1 fully saturated rings.